The number of benzene rings is 3. The minimum Gasteiger partial charge on any atom is -0.348 e. The van der Waals surface area contributed by atoms with Crippen molar-refractivity contribution < 1.29 is 9.59 Å². The van der Waals surface area contributed by atoms with Gasteiger partial charge in [0.1, 0.15) is 6.54 Å². The summed E-state index contributed by atoms with van der Waals surface area (Å²) in [6.07, 6.45) is 0. The molecular formula is C25H26N2O2. The van der Waals surface area contributed by atoms with E-state index in [9.17, 15) is 9.59 Å². The van der Waals surface area contributed by atoms with Gasteiger partial charge in [-0.2, -0.15) is 0 Å². The molecule has 1 aliphatic rings. The van der Waals surface area contributed by atoms with Crippen molar-refractivity contribution in [3.8, 4) is 0 Å². The summed E-state index contributed by atoms with van der Waals surface area (Å²) in [5.74, 6) is -0.287. The molecule has 0 saturated carbocycles. The molecule has 0 bridgehead atoms. The van der Waals surface area contributed by atoms with Gasteiger partial charge < -0.3 is 5.32 Å². The summed E-state index contributed by atoms with van der Waals surface area (Å²) in [4.78, 5) is 27.1. The van der Waals surface area contributed by atoms with E-state index < -0.39 is 0 Å². The Balaban J connectivity index is 1.48. The van der Waals surface area contributed by atoms with E-state index in [2.05, 4.69) is 50.4 Å². The van der Waals surface area contributed by atoms with E-state index in [4.69, 9.17) is 0 Å². The van der Waals surface area contributed by atoms with Crippen LogP contribution in [0.4, 0.5) is 5.69 Å². The predicted molar refractivity (Wildman–Crippen MR) is 117 cm³/mol. The van der Waals surface area contributed by atoms with Crippen molar-refractivity contribution in [2.45, 2.75) is 39.2 Å². The summed E-state index contributed by atoms with van der Waals surface area (Å²) < 4.78 is 0. The highest BCUT2D eigenvalue weighted by molar-refractivity contribution is 6.26. The Morgan fingerprint density at radius 1 is 1.00 bits per heavy atom. The second kappa shape index (κ2) is 7.03. The van der Waals surface area contributed by atoms with E-state index in [1.54, 1.807) is 4.90 Å². The van der Waals surface area contributed by atoms with Crippen LogP contribution in [0.1, 0.15) is 55.2 Å². The van der Waals surface area contributed by atoms with Crippen LogP contribution in [0.5, 0.6) is 0 Å². The lowest BCUT2D eigenvalue weighted by molar-refractivity contribution is -0.120. The van der Waals surface area contributed by atoms with Crippen LogP contribution in [0.3, 0.4) is 0 Å². The Kier molecular flexibility index (Phi) is 4.65. The van der Waals surface area contributed by atoms with Crippen molar-refractivity contribution >= 4 is 28.3 Å². The fraction of sp³-hybridized carbons (Fsp3) is 0.280. The molecular weight excluding hydrogens is 360 g/mol. The van der Waals surface area contributed by atoms with Gasteiger partial charge in [-0.1, -0.05) is 69.3 Å². The monoisotopic (exact) mass is 386 g/mol. The molecule has 0 aliphatic carbocycles. The van der Waals surface area contributed by atoms with Crippen LogP contribution >= 0.6 is 0 Å². The SMILES string of the molecule is C[C@@H](NC(=O)CN1C(=O)c2cccc3cccc1c23)c1ccc(C(C)(C)C)cc1. The van der Waals surface area contributed by atoms with Crippen molar-refractivity contribution in [3.63, 3.8) is 0 Å². The third kappa shape index (κ3) is 3.51. The first-order valence-electron chi connectivity index (χ1n) is 9.99. The molecule has 1 heterocycles. The Labute approximate surface area is 171 Å². The van der Waals surface area contributed by atoms with Gasteiger partial charge in [0.25, 0.3) is 5.91 Å². The van der Waals surface area contributed by atoms with Crippen molar-refractivity contribution in [3.05, 3.63) is 77.4 Å². The normalized spacial score (nSPS) is 14.3. The standard InChI is InChI=1S/C25H26N2O2/c1-16(17-11-13-19(14-12-17)25(2,3)4)26-22(28)15-27-21-10-6-8-18-7-5-9-20(23(18)21)24(27)29/h5-14,16H,15H2,1-4H3,(H,26,28)/t16-/m1/s1. The maximum atomic E-state index is 12.8. The van der Waals surface area contributed by atoms with Crippen LogP contribution < -0.4 is 10.2 Å². The molecule has 0 fully saturated rings. The van der Waals surface area contributed by atoms with Gasteiger partial charge in [-0.3, -0.25) is 14.5 Å². The van der Waals surface area contributed by atoms with Gasteiger partial charge in [-0.05, 0) is 41.0 Å². The van der Waals surface area contributed by atoms with E-state index in [0.717, 1.165) is 22.0 Å². The summed E-state index contributed by atoms with van der Waals surface area (Å²) in [6, 6.07) is 19.7. The van der Waals surface area contributed by atoms with Gasteiger partial charge in [0.2, 0.25) is 5.91 Å². The maximum absolute atomic E-state index is 12.8. The van der Waals surface area contributed by atoms with Crippen LogP contribution in [0, 0.1) is 0 Å². The average Bonchev–Trinajstić information content (AvgIpc) is 2.95. The Morgan fingerprint density at radius 2 is 1.66 bits per heavy atom. The quantitative estimate of drug-likeness (QED) is 0.688. The van der Waals surface area contributed by atoms with Gasteiger partial charge in [0.15, 0.2) is 0 Å². The van der Waals surface area contributed by atoms with Crippen LogP contribution in [-0.4, -0.2) is 18.4 Å². The Morgan fingerprint density at radius 3 is 2.31 bits per heavy atom. The van der Waals surface area contributed by atoms with Crippen LogP contribution in [0.15, 0.2) is 60.7 Å². The molecule has 2 amide bonds. The molecule has 4 rings (SSSR count). The summed E-state index contributed by atoms with van der Waals surface area (Å²) in [7, 11) is 0. The Hall–Kier alpha value is -3.14. The molecule has 3 aromatic rings. The average molecular weight is 386 g/mol. The summed E-state index contributed by atoms with van der Waals surface area (Å²) >= 11 is 0. The molecule has 1 N–H and O–H groups in total. The van der Waals surface area contributed by atoms with Gasteiger partial charge in [0, 0.05) is 10.9 Å². The molecule has 4 heteroatoms. The largest absolute Gasteiger partial charge is 0.348 e. The minimum atomic E-state index is -0.171. The van der Waals surface area contributed by atoms with E-state index in [1.165, 1.54) is 5.56 Å². The van der Waals surface area contributed by atoms with Gasteiger partial charge in [-0.15, -0.1) is 0 Å². The lowest BCUT2D eigenvalue weighted by atomic mass is 9.86. The zero-order chi connectivity index (χ0) is 20.8. The van der Waals surface area contributed by atoms with Crippen molar-refractivity contribution in [2.24, 2.45) is 0 Å². The second-order valence-electron chi connectivity index (χ2n) is 8.73. The van der Waals surface area contributed by atoms with E-state index in [-0.39, 0.29) is 29.8 Å². The third-order valence-electron chi connectivity index (χ3n) is 5.60. The van der Waals surface area contributed by atoms with Crippen molar-refractivity contribution in [1.29, 1.82) is 0 Å². The highest BCUT2D eigenvalue weighted by Gasteiger charge is 2.31. The molecule has 0 spiro atoms. The molecule has 29 heavy (non-hydrogen) atoms. The zero-order valence-electron chi connectivity index (χ0n) is 17.3. The number of hydrogen-bond acceptors (Lipinski definition) is 2. The topological polar surface area (TPSA) is 49.4 Å². The van der Waals surface area contributed by atoms with Crippen LogP contribution in [0.2, 0.25) is 0 Å². The van der Waals surface area contributed by atoms with Crippen LogP contribution in [0.25, 0.3) is 10.8 Å². The van der Waals surface area contributed by atoms with E-state index in [1.807, 2.05) is 43.3 Å². The van der Waals surface area contributed by atoms with E-state index in [0.29, 0.717) is 5.56 Å². The first-order chi connectivity index (χ1) is 13.8. The first kappa shape index (κ1) is 19.2. The summed E-state index contributed by atoms with van der Waals surface area (Å²) in [5, 5.41) is 4.97. The molecule has 148 valence electrons. The van der Waals surface area contributed by atoms with Crippen molar-refractivity contribution in [2.75, 3.05) is 11.4 Å². The number of nitrogens with one attached hydrogen (secondary N) is 1. The number of carbonyl (C=O) groups is 2. The minimum absolute atomic E-state index is 0.0110. The molecule has 0 radical (unpaired) electrons. The van der Waals surface area contributed by atoms with Crippen molar-refractivity contribution in [1.82, 2.24) is 5.32 Å². The molecule has 0 unspecified atom stereocenters. The highest BCUT2D eigenvalue weighted by atomic mass is 16.2. The zero-order valence-corrected chi connectivity index (χ0v) is 17.3. The first-order valence-corrected chi connectivity index (χ1v) is 9.99. The van der Waals surface area contributed by atoms with Gasteiger partial charge in [0.05, 0.1) is 11.7 Å². The number of rotatable bonds is 4. The second-order valence-corrected chi connectivity index (χ2v) is 8.73. The molecule has 4 nitrogen and oxygen atoms in total. The van der Waals surface area contributed by atoms with Gasteiger partial charge >= 0.3 is 0 Å². The fourth-order valence-corrected chi connectivity index (χ4v) is 3.92. The third-order valence-corrected chi connectivity index (χ3v) is 5.60. The predicted octanol–water partition coefficient (Wildman–Crippen LogP) is 4.97. The molecule has 3 aromatic carbocycles. The maximum Gasteiger partial charge on any atom is 0.259 e. The summed E-state index contributed by atoms with van der Waals surface area (Å²) in [6.45, 7) is 8.51. The molecule has 1 aliphatic heterocycles. The summed E-state index contributed by atoms with van der Waals surface area (Å²) in [5.41, 5.74) is 3.87. The lowest BCUT2D eigenvalue weighted by Crippen LogP contribution is -2.39. The molecule has 0 saturated heterocycles. The fourth-order valence-electron chi connectivity index (χ4n) is 3.92. The number of nitrogens with zero attached hydrogens (tertiary/aromatic N) is 1. The number of amides is 2. The molecule has 0 aromatic heterocycles. The number of anilines is 1. The smallest absolute Gasteiger partial charge is 0.259 e. The van der Waals surface area contributed by atoms with Gasteiger partial charge in [-0.25, -0.2) is 0 Å². The Bertz CT molecular complexity index is 1090. The number of carbonyl (C=O) groups excluding carboxylic acids is 2. The van der Waals surface area contributed by atoms with Crippen LogP contribution in [-0.2, 0) is 10.2 Å². The number of hydrogen-bond donors (Lipinski definition) is 1. The lowest BCUT2D eigenvalue weighted by Gasteiger charge is -2.22. The highest BCUT2D eigenvalue weighted by Crippen LogP contribution is 2.36. The molecule has 1 atom stereocenters. The van der Waals surface area contributed by atoms with E-state index >= 15 is 0 Å².